The fraction of sp³-hybridized carbons (Fsp3) is 0.111. The van der Waals surface area contributed by atoms with Gasteiger partial charge in [0.25, 0.3) is 0 Å². The second-order valence-electron chi connectivity index (χ2n) is 16.6. The summed E-state index contributed by atoms with van der Waals surface area (Å²) in [6.07, 6.45) is 0. The highest BCUT2D eigenvalue weighted by Crippen LogP contribution is 2.56. The van der Waals surface area contributed by atoms with Gasteiger partial charge in [-0.05, 0) is 110 Å². The van der Waals surface area contributed by atoms with Crippen molar-refractivity contribution >= 4 is 48.6 Å². The monoisotopic (exact) mass is 735 g/mol. The van der Waals surface area contributed by atoms with Crippen molar-refractivity contribution in [1.29, 1.82) is 0 Å². The topological polar surface area (TPSA) is 3.24 Å². The average molecular weight is 736 g/mol. The molecule has 9 aromatic rings. The summed E-state index contributed by atoms with van der Waals surface area (Å²) in [4.78, 5) is 2.51. The van der Waals surface area contributed by atoms with Crippen LogP contribution in [0.2, 0.25) is 0 Å². The Morgan fingerprint density at radius 3 is 1.70 bits per heavy atom. The van der Waals surface area contributed by atoms with Gasteiger partial charge in [-0.1, -0.05) is 155 Å². The fourth-order valence-electron chi connectivity index (χ4n) is 9.76. The quantitative estimate of drug-likeness (QED) is 0.170. The second kappa shape index (κ2) is 12.1. The summed E-state index contributed by atoms with van der Waals surface area (Å²) in [5.41, 5.74) is 18.9. The lowest BCUT2D eigenvalue weighted by molar-refractivity contribution is 0.660. The number of hydrogen-bond donors (Lipinski definition) is 0. The number of benzene rings is 8. The van der Waals surface area contributed by atoms with E-state index < -0.39 is 0 Å². The average Bonchev–Trinajstić information content (AvgIpc) is 3.81. The molecule has 0 fully saturated rings. The third-order valence-electron chi connectivity index (χ3n) is 12.6. The Balaban J connectivity index is 1.18. The zero-order valence-corrected chi connectivity index (χ0v) is 32.9. The Morgan fingerprint density at radius 2 is 0.946 bits per heavy atom. The smallest absolute Gasteiger partial charge is 0.0473 e. The molecule has 0 saturated carbocycles. The molecule has 0 amide bonds. The molecule has 2 aliphatic rings. The van der Waals surface area contributed by atoms with Crippen LogP contribution in [0.5, 0.6) is 0 Å². The standard InChI is InChI=1S/C54H41NS/c1-53(2)47-27-24-38(32-45(47)51-48(53)28-26-44-43-20-12-14-22-50(43)56-52(44)51)55(39-23-25-42-41-19-11-13-21-46(41)54(3,4)49(42)33-39)40-30-36(34-15-7-5-8-16-34)29-37(31-40)35-17-9-6-10-18-35/h5-33H,1-4H3. The molecule has 1 heterocycles. The van der Waals surface area contributed by atoms with E-state index in [1.165, 1.54) is 86.9 Å². The van der Waals surface area contributed by atoms with Gasteiger partial charge in [0.2, 0.25) is 0 Å². The van der Waals surface area contributed by atoms with Crippen molar-refractivity contribution in [3.63, 3.8) is 0 Å². The molecule has 0 spiro atoms. The van der Waals surface area contributed by atoms with Crippen molar-refractivity contribution in [2.75, 3.05) is 4.90 Å². The SMILES string of the molecule is CC1(C)c2ccccc2-c2ccc(N(c3cc(-c4ccccc4)cc(-c4ccccc4)c3)c3ccc4c(c3)-c3c(ccc5c3sc3ccccc35)C4(C)C)cc21. The minimum Gasteiger partial charge on any atom is -0.310 e. The molecule has 11 rings (SSSR count). The molecule has 0 atom stereocenters. The van der Waals surface area contributed by atoms with Gasteiger partial charge in [-0.25, -0.2) is 0 Å². The van der Waals surface area contributed by atoms with Crippen LogP contribution in [-0.2, 0) is 10.8 Å². The van der Waals surface area contributed by atoms with Crippen LogP contribution in [0.4, 0.5) is 17.1 Å². The lowest BCUT2D eigenvalue weighted by atomic mass is 9.82. The predicted octanol–water partition coefficient (Wildman–Crippen LogP) is 15.5. The maximum absolute atomic E-state index is 2.51. The summed E-state index contributed by atoms with van der Waals surface area (Å²) in [6, 6.07) is 65.7. The van der Waals surface area contributed by atoms with Crippen molar-refractivity contribution in [2.24, 2.45) is 0 Å². The van der Waals surface area contributed by atoms with Crippen molar-refractivity contribution in [2.45, 2.75) is 38.5 Å². The van der Waals surface area contributed by atoms with Gasteiger partial charge in [-0.15, -0.1) is 11.3 Å². The molecule has 0 bridgehead atoms. The summed E-state index contributed by atoms with van der Waals surface area (Å²) >= 11 is 1.93. The number of fused-ring (bicyclic) bond motifs is 10. The summed E-state index contributed by atoms with van der Waals surface area (Å²) in [6.45, 7) is 9.54. The van der Waals surface area contributed by atoms with Crippen molar-refractivity contribution < 1.29 is 0 Å². The van der Waals surface area contributed by atoms with Gasteiger partial charge >= 0.3 is 0 Å². The van der Waals surface area contributed by atoms with Crippen LogP contribution in [0.1, 0.15) is 49.9 Å². The Hall–Kier alpha value is -6.22. The lowest BCUT2D eigenvalue weighted by Crippen LogP contribution is -2.17. The van der Waals surface area contributed by atoms with Gasteiger partial charge in [0.15, 0.2) is 0 Å². The molecule has 1 nitrogen and oxygen atoms in total. The van der Waals surface area contributed by atoms with E-state index >= 15 is 0 Å². The van der Waals surface area contributed by atoms with Gasteiger partial charge in [-0.3, -0.25) is 0 Å². The van der Waals surface area contributed by atoms with Gasteiger partial charge in [-0.2, -0.15) is 0 Å². The van der Waals surface area contributed by atoms with Gasteiger partial charge in [0.05, 0.1) is 0 Å². The van der Waals surface area contributed by atoms with E-state index in [4.69, 9.17) is 0 Å². The van der Waals surface area contributed by atoms with Gasteiger partial charge < -0.3 is 4.90 Å². The third kappa shape index (κ3) is 4.85. The van der Waals surface area contributed by atoms with E-state index in [0.717, 1.165) is 17.1 Å². The molecule has 0 unspecified atom stereocenters. The first kappa shape index (κ1) is 33.1. The normalized spacial score (nSPS) is 14.4. The van der Waals surface area contributed by atoms with E-state index in [1.54, 1.807) is 0 Å². The van der Waals surface area contributed by atoms with E-state index in [1.807, 2.05) is 11.3 Å². The van der Waals surface area contributed by atoms with E-state index in [-0.39, 0.29) is 10.8 Å². The van der Waals surface area contributed by atoms with Crippen molar-refractivity contribution in [1.82, 2.24) is 0 Å². The van der Waals surface area contributed by atoms with E-state index in [2.05, 4.69) is 209 Å². The number of hydrogen-bond acceptors (Lipinski definition) is 2. The number of thiophene rings is 1. The van der Waals surface area contributed by atoms with Crippen LogP contribution in [0.15, 0.2) is 176 Å². The molecule has 2 aliphatic carbocycles. The zero-order valence-electron chi connectivity index (χ0n) is 32.1. The molecule has 56 heavy (non-hydrogen) atoms. The molecule has 1 aromatic heterocycles. The highest BCUT2D eigenvalue weighted by Gasteiger charge is 2.39. The maximum atomic E-state index is 2.51. The molecular formula is C54H41NS. The van der Waals surface area contributed by atoms with E-state index in [0.29, 0.717) is 0 Å². The summed E-state index contributed by atoms with van der Waals surface area (Å²) in [5, 5.41) is 2.69. The van der Waals surface area contributed by atoms with Crippen LogP contribution in [0, 0.1) is 0 Å². The second-order valence-corrected chi connectivity index (χ2v) is 17.6. The van der Waals surface area contributed by atoms with Gasteiger partial charge in [0.1, 0.15) is 0 Å². The third-order valence-corrected chi connectivity index (χ3v) is 13.8. The number of nitrogens with zero attached hydrogens (tertiary/aromatic N) is 1. The number of rotatable bonds is 5. The first-order chi connectivity index (χ1) is 27.3. The molecule has 268 valence electrons. The first-order valence-electron chi connectivity index (χ1n) is 19.7. The Morgan fingerprint density at radius 1 is 0.375 bits per heavy atom. The first-order valence-corrected chi connectivity index (χ1v) is 20.5. The van der Waals surface area contributed by atoms with Crippen molar-refractivity contribution in [3.8, 4) is 44.5 Å². The predicted molar refractivity (Wildman–Crippen MR) is 240 cm³/mol. The summed E-state index contributed by atoms with van der Waals surface area (Å²) < 4.78 is 2.72. The fourth-order valence-corrected chi connectivity index (χ4v) is 11.0. The van der Waals surface area contributed by atoms with E-state index in [9.17, 15) is 0 Å². The molecule has 0 saturated heterocycles. The highest BCUT2D eigenvalue weighted by atomic mass is 32.1. The maximum Gasteiger partial charge on any atom is 0.0473 e. The Bertz CT molecular complexity index is 2960. The van der Waals surface area contributed by atoms with Crippen LogP contribution in [-0.4, -0.2) is 0 Å². The Kier molecular flexibility index (Phi) is 7.18. The summed E-state index contributed by atoms with van der Waals surface area (Å²) in [5.74, 6) is 0. The molecule has 0 radical (unpaired) electrons. The molecule has 2 heteroatoms. The van der Waals surface area contributed by atoms with Crippen LogP contribution in [0.25, 0.3) is 64.7 Å². The van der Waals surface area contributed by atoms with Crippen molar-refractivity contribution in [3.05, 3.63) is 198 Å². The number of anilines is 3. The summed E-state index contributed by atoms with van der Waals surface area (Å²) in [7, 11) is 0. The highest BCUT2D eigenvalue weighted by molar-refractivity contribution is 7.26. The molecule has 0 N–H and O–H groups in total. The Labute approximate surface area is 333 Å². The van der Waals surface area contributed by atoms with Gasteiger partial charge in [0, 0.05) is 53.6 Å². The molecule has 0 aliphatic heterocycles. The lowest BCUT2D eigenvalue weighted by Gasteiger charge is -2.30. The molecular weight excluding hydrogens is 695 g/mol. The van der Waals surface area contributed by atoms with Crippen LogP contribution in [0.3, 0.4) is 0 Å². The minimum atomic E-state index is -0.123. The minimum absolute atomic E-state index is 0.116. The van der Waals surface area contributed by atoms with Crippen LogP contribution < -0.4 is 4.90 Å². The molecule has 8 aromatic carbocycles. The zero-order chi connectivity index (χ0) is 37.8. The largest absolute Gasteiger partial charge is 0.310 e. The van der Waals surface area contributed by atoms with Crippen LogP contribution >= 0.6 is 11.3 Å².